The van der Waals surface area contributed by atoms with Crippen LogP contribution in [0.2, 0.25) is 0 Å². The molecule has 3 unspecified atom stereocenters. The fourth-order valence-corrected chi connectivity index (χ4v) is 8.56. The van der Waals surface area contributed by atoms with Gasteiger partial charge in [0.1, 0.15) is 6.61 Å². The SMILES string of the molecule is CN(C)CCO/N=C/C=CC1CC[C@@]2(O)[C@@H]3CCC4CC(OCCCN)CC[C@]4(C)[C@@H]3CC[C@]12C. The first kappa shape index (κ1) is 27.1. The Bertz CT molecular complexity index is 757. The smallest absolute Gasteiger partial charge is 0.129 e. The van der Waals surface area contributed by atoms with Crippen molar-refractivity contribution < 1.29 is 14.7 Å². The van der Waals surface area contributed by atoms with E-state index in [0.717, 1.165) is 51.2 Å². The van der Waals surface area contributed by atoms with E-state index >= 15 is 0 Å². The summed E-state index contributed by atoms with van der Waals surface area (Å²) in [6.45, 7) is 7.89. The van der Waals surface area contributed by atoms with Crippen LogP contribution in [0, 0.1) is 34.5 Å². The van der Waals surface area contributed by atoms with Crippen LogP contribution >= 0.6 is 0 Å². The summed E-state index contributed by atoms with van der Waals surface area (Å²) >= 11 is 0. The summed E-state index contributed by atoms with van der Waals surface area (Å²) in [5.74, 6) is 2.20. The summed E-state index contributed by atoms with van der Waals surface area (Å²) in [5, 5.41) is 16.4. The Morgan fingerprint density at radius 1 is 1.03 bits per heavy atom. The van der Waals surface area contributed by atoms with E-state index in [4.69, 9.17) is 15.3 Å². The van der Waals surface area contributed by atoms with Gasteiger partial charge >= 0.3 is 0 Å². The molecule has 0 saturated heterocycles. The predicted molar refractivity (Wildman–Crippen MR) is 142 cm³/mol. The molecule has 6 nitrogen and oxygen atoms in total. The maximum atomic E-state index is 12.3. The monoisotopic (exact) mass is 489 g/mol. The molecular weight excluding hydrogens is 438 g/mol. The van der Waals surface area contributed by atoms with Gasteiger partial charge in [-0.25, -0.2) is 0 Å². The zero-order valence-corrected chi connectivity index (χ0v) is 22.8. The summed E-state index contributed by atoms with van der Waals surface area (Å²) in [6, 6.07) is 0. The van der Waals surface area contributed by atoms with Crippen LogP contribution in [0.3, 0.4) is 0 Å². The highest BCUT2D eigenvalue weighted by Crippen LogP contribution is 2.69. The quantitative estimate of drug-likeness (QED) is 0.266. The fourth-order valence-electron chi connectivity index (χ4n) is 8.56. The highest BCUT2D eigenvalue weighted by molar-refractivity contribution is 5.70. The van der Waals surface area contributed by atoms with Crippen molar-refractivity contribution in [2.45, 2.75) is 89.8 Å². The van der Waals surface area contributed by atoms with Gasteiger partial charge in [0.15, 0.2) is 0 Å². The molecule has 4 fully saturated rings. The first-order valence-electron chi connectivity index (χ1n) is 14.3. The lowest BCUT2D eigenvalue weighted by molar-refractivity contribution is -0.209. The molecule has 4 aliphatic rings. The molecule has 6 heteroatoms. The van der Waals surface area contributed by atoms with Crippen molar-refractivity contribution >= 4 is 6.21 Å². The average Bonchev–Trinajstić information content (AvgIpc) is 3.09. The third-order valence-corrected chi connectivity index (χ3v) is 10.8. The van der Waals surface area contributed by atoms with Gasteiger partial charge in [0.2, 0.25) is 0 Å². The molecule has 35 heavy (non-hydrogen) atoms. The molecular formula is C29H51N3O3. The molecule has 4 rings (SSSR count). The van der Waals surface area contributed by atoms with Crippen LogP contribution in [0.5, 0.6) is 0 Å². The van der Waals surface area contributed by atoms with Gasteiger partial charge in [-0.1, -0.05) is 25.1 Å². The summed E-state index contributed by atoms with van der Waals surface area (Å²) in [4.78, 5) is 7.42. The van der Waals surface area contributed by atoms with Gasteiger partial charge in [-0.3, -0.25) is 0 Å². The van der Waals surface area contributed by atoms with E-state index in [2.05, 4.69) is 30.0 Å². The van der Waals surface area contributed by atoms with Crippen molar-refractivity contribution in [3.63, 3.8) is 0 Å². The largest absolute Gasteiger partial charge is 0.394 e. The molecule has 0 aromatic carbocycles. The van der Waals surface area contributed by atoms with Gasteiger partial charge in [-0.15, -0.1) is 0 Å². The van der Waals surface area contributed by atoms with E-state index in [1.54, 1.807) is 6.21 Å². The number of likely N-dealkylation sites (N-methyl/N-ethyl adjacent to an activating group) is 1. The average molecular weight is 490 g/mol. The first-order valence-corrected chi connectivity index (χ1v) is 14.3. The number of rotatable bonds is 10. The topological polar surface area (TPSA) is 80.3 Å². The standard InChI is InChI=1S/C29H51N3O3/c1-27-13-11-24(34-19-6-16-30)21-23(27)8-9-26-25(27)12-14-28(2)22(10-15-29(26,28)33)7-5-17-31-35-20-18-32(3)4/h5,7,17,22-26,33H,6,8-16,18-21,30H2,1-4H3/b7-5?,31-17+/t22?,23?,24?,25-,26-,27+,28-,29-/m1/s1. The summed E-state index contributed by atoms with van der Waals surface area (Å²) in [6.07, 6.45) is 17.8. The number of allylic oxidation sites excluding steroid dienone is 2. The van der Waals surface area contributed by atoms with Crippen LogP contribution < -0.4 is 5.73 Å². The lowest BCUT2D eigenvalue weighted by Gasteiger charge is -2.63. The van der Waals surface area contributed by atoms with E-state index < -0.39 is 5.60 Å². The highest BCUT2D eigenvalue weighted by Gasteiger charge is 2.66. The maximum Gasteiger partial charge on any atom is 0.129 e. The number of oxime groups is 1. The summed E-state index contributed by atoms with van der Waals surface area (Å²) < 4.78 is 6.19. The summed E-state index contributed by atoms with van der Waals surface area (Å²) in [5.41, 5.74) is 5.41. The molecule has 0 aromatic heterocycles. The number of nitrogens with two attached hydrogens (primary N) is 1. The Balaban J connectivity index is 1.39. The van der Waals surface area contributed by atoms with Crippen LogP contribution in [0.1, 0.15) is 78.1 Å². The molecule has 8 atom stereocenters. The van der Waals surface area contributed by atoms with Gasteiger partial charge in [0.05, 0.1) is 17.9 Å². The highest BCUT2D eigenvalue weighted by atomic mass is 16.6. The van der Waals surface area contributed by atoms with Crippen LogP contribution in [-0.2, 0) is 9.57 Å². The predicted octanol–water partition coefficient (Wildman–Crippen LogP) is 4.61. The van der Waals surface area contributed by atoms with Crippen molar-refractivity contribution in [2.75, 3.05) is 40.4 Å². The Kier molecular flexibility index (Phi) is 8.67. The number of fused-ring (bicyclic) bond motifs is 5. The third-order valence-electron chi connectivity index (χ3n) is 10.8. The molecule has 0 radical (unpaired) electrons. The van der Waals surface area contributed by atoms with E-state index in [0.29, 0.717) is 42.4 Å². The molecule has 3 N–H and O–H groups in total. The van der Waals surface area contributed by atoms with Crippen molar-refractivity contribution in [1.82, 2.24) is 4.90 Å². The van der Waals surface area contributed by atoms with Crippen molar-refractivity contribution in [3.8, 4) is 0 Å². The Morgan fingerprint density at radius 3 is 2.63 bits per heavy atom. The zero-order valence-electron chi connectivity index (χ0n) is 22.8. The van der Waals surface area contributed by atoms with Gasteiger partial charge in [-0.2, -0.15) is 0 Å². The maximum absolute atomic E-state index is 12.3. The summed E-state index contributed by atoms with van der Waals surface area (Å²) in [7, 11) is 4.06. The molecule has 0 spiro atoms. The third kappa shape index (κ3) is 5.23. The normalized spacial score (nSPS) is 43.5. The minimum atomic E-state index is -0.549. The molecule has 4 saturated carbocycles. The lowest BCUT2D eigenvalue weighted by Crippen LogP contribution is -2.62. The number of ether oxygens (including phenoxy) is 1. The Morgan fingerprint density at radius 2 is 1.86 bits per heavy atom. The zero-order chi connectivity index (χ0) is 25.1. The molecule has 0 aliphatic heterocycles. The molecule has 0 bridgehead atoms. The van der Waals surface area contributed by atoms with Crippen molar-refractivity contribution in [1.29, 1.82) is 0 Å². The van der Waals surface area contributed by atoms with E-state index in [9.17, 15) is 5.11 Å². The van der Waals surface area contributed by atoms with E-state index in [-0.39, 0.29) is 5.41 Å². The number of hydrogen-bond acceptors (Lipinski definition) is 6. The number of aliphatic hydroxyl groups is 1. The minimum absolute atomic E-state index is 0.0456. The fraction of sp³-hybridized carbons (Fsp3) is 0.897. The second-order valence-corrected chi connectivity index (χ2v) is 12.7. The second-order valence-electron chi connectivity index (χ2n) is 12.7. The van der Waals surface area contributed by atoms with Gasteiger partial charge < -0.3 is 25.3 Å². The van der Waals surface area contributed by atoms with E-state index in [1.807, 2.05) is 20.2 Å². The first-order chi connectivity index (χ1) is 16.7. The molecule has 0 amide bonds. The van der Waals surface area contributed by atoms with Crippen molar-refractivity contribution in [2.24, 2.45) is 45.4 Å². The number of nitrogens with zero attached hydrogens (tertiary/aromatic N) is 2. The van der Waals surface area contributed by atoms with Crippen LogP contribution in [0.25, 0.3) is 0 Å². The second kappa shape index (κ2) is 11.2. The number of hydrogen-bond donors (Lipinski definition) is 2. The molecule has 0 heterocycles. The van der Waals surface area contributed by atoms with Crippen molar-refractivity contribution in [3.05, 3.63) is 12.2 Å². The van der Waals surface area contributed by atoms with Crippen LogP contribution in [0.4, 0.5) is 0 Å². The Labute approximate surface area is 213 Å². The Hall–Kier alpha value is -0.950. The van der Waals surface area contributed by atoms with Gasteiger partial charge in [0, 0.05) is 18.6 Å². The van der Waals surface area contributed by atoms with Crippen LogP contribution in [-0.4, -0.2) is 68.3 Å². The van der Waals surface area contributed by atoms with Gasteiger partial charge in [0.25, 0.3) is 0 Å². The van der Waals surface area contributed by atoms with Crippen LogP contribution in [0.15, 0.2) is 17.3 Å². The lowest BCUT2D eigenvalue weighted by atomic mass is 9.43. The van der Waals surface area contributed by atoms with Gasteiger partial charge in [-0.05, 0) is 120 Å². The minimum Gasteiger partial charge on any atom is -0.394 e. The molecule has 200 valence electrons. The van der Waals surface area contributed by atoms with E-state index in [1.165, 1.54) is 32.1 Å². The molecule has 4 aliphatic carbocycles. The molecule has 0 aromatic rings.